The highest BCUT2D eigenvalue weighted by Gasteiger charge is 2.36. The first-order valence-electron chi connectivity index (χ1n) is 9.93. The summed E-state index contributed by atoms with van der Waals surface area (Å²) in [6, 6.07) is 1.76. The normalized spacial score (nSPS) is 17.3. The molecule has 4 N–H and O–H groups in total. The number of hydrogen-bond acceptors (Lipinski definition) is 4. The van der Waals surface area contributed by atoms with Gasteiger partial charge in [-0.05, 0) is 30.9 Å². The Bertz CT molecular complexity index is 771. The summed E-state index contributed by atoms with van der Waals surface area (Å²) >= 11 is 12.9. The molecule has 1 aliphatic rings. The summed E-state index contributed by atoms with van der Waals surface area (Å²) in [4.78, 5) is 31.8. The zero-order chi connectivity index (χ0) is 21.6. The SMILES string of the molecule is CCCCCCCCc1cc(Cl)c(N2CCC(COP(=O)(O)O)C2=O)c(Cl)c1N. The fraction of sp³-hybridized carbons (Fsp3) is 0.632. The number of aryl methyl sites for hydroxylation is 1. The molecule has 1 fully saturated rings. The molecule has 2 rings (SSSR count). The maximum absolute atomic E-state index is 12.7. The van der Waals surface area contributed by atoms with Gasteiger partial charge in [0, 0.05) is 6.54 Å². The van der Waals surface area contributed by atoms with E-state index in [1.165, 1.54) is 30.6 Å². The number of nitrogen functional groups attached to an aromatic ring is 1. The molecule has 0 bridgehead atoms. The first-order valence-corrected chi connectivity index (χ1v) is 12.2. The Morgan fingerprint density at radius 2 is 1.90 bits per heavy atom. The quantitative estimate of drug-likeness (QED) is 0.241. The molecule has 1 heterocycles. The number of nitrogens with zero attached hydrogens (tertiary/aromatic N) is 1. The average Bonchev–Trinajstić information content (AvgIpc) is 3.00. The summed E-state index contributed by atoms with van der Waals surface area (Å²) in [5.74, 6) is -1.01. The summed E-state index contributed by atoms with van der Waals surface area (Å²) in [6.45, 7) is 2.15. The second-order valence-corrected chi connectivity index (χ2v) is 9.40. The minimum atomic E-state index is -4.63. The molecule has 0 spiro atoms. The maximum Gasteiger partial charge on any atom is 0.469 e. The number of phosphoric acid groups is 1. The molecule has 0 saturated carbocycles. The lowest BCUT2D eigenvalue weighted by molar-refractivity contribution is -0.121. The van der Waals surface area contributed by atoms with Crippen LogP contribution in [0.4, 0.5) is 11.4 Å². The predicted octanol–water partition coefficient (Wildman–Crippen LogP) is 4.94. The lowest BCUT2D eigenvalue weighted by Crippen LogP contribution is -2.29. The van der Waals surface area contributed by atoms with Crippen LogP contribution in [0.5, 0.6) is 0 Å². The molecule has 1 aromatic rings. The van der Waals surface area contributed by atoms with Gasteiger partial charge in [0.15, 0.2) is 0 Å². The number of nitrogens with two attached hydrogens (primary N) is 1. The number of rotatable bonds is 11. The van der Waals surface area contributed by atoms with E-state index in [0.29, 0.717) is 29.4 Å². The van der Waals surface area contributed by atoms with Gasteiger partial charge in [0.1, 0.15) is 0 Å². The summed E-state index contributed by atoms with van der Waals surface area (Å²) in [5, 5.41) is 0.582. The van der Waals surface area contributed by atoms with Gasteiger partial charge in [-0.1, -0.05) is 62.2 Å². The zero-order valence-corrected chi connectivity index (χ0v) is 19.0. The summed E-state index contributed by atoms with van der Waals surface area (Å²) < 4.78 is 15.4. The van der Waals surface area contributed by atoms with Crippen LogP contribution in [0, 0.1) is 5.92 Å². The Labute approximate surface area is 181 Å². The Hall–Kier alpha value is -0.820. The number of halogens is 2. The van der Waals surface area contributed by atoms with Gasteiger partial charge >= 0.3 is 7.82 Å². The third kappa shape index (κ3) is 6.84. The number of carbonyl (C=O) groups is 1. The van der Waals surface area contributed by atoms with Gasteiger partial charge < -0.3 is 20.4 Å². The summed E-state index contributed by atoms with van der Waals surface area (Å²) in [7, 11) is -4.63. The first kappa shape index (κ1) is 24.4. The van der Waals surface area contributed by atoms with Crippen molar-refractivity contribution in [3.63, 3.8) is 0 Å². The van der Waals surface area contributed by atoms with Crippen molar-refractivity contribution < 1.29 is 23.7 Å². The molecule has 164 valence electrons. The van der Waals surface area contributed by atoms with Crippen molar-refractivity contribution in [3.8, 4) is 0 Å². The predicted molar refractivity (Wildman–Crippen MR) is 116 cm³/mol. The monoisotopic (exact) mass is 466 g/mol. The molecule has 7 nitrogen and oxygen atoms in total. The number of unbranched alkanes of at least 4 members (excludes halogenated alkanes) is 5. The number of phosphoric ester groups is 1. The topological polar surface area (TPSA) is 113 Å². The molecule has 1 aliphatic heterocycles. The van der Waals surface area contributed by atoms with E-state index in [1.807, 2.05) is 0 Å². The lowest BCUT2D eigenvalue weighted by atomic mass is 10.0. The Morgan fingerprint density at radius 3 is 2.55 bits per heavy atom. The smallest absolute Gasteiger partial charge is 0.397 e. The molecule has 0 aliphatic carbocycles. The molecule has 1 unspecified atom stereocenters. The van der Waals surface area contributed by atoms with E-state index in [9.17, 15) is 9.36 Å². The van der Waals surface area contributed by atoms with Crippen LogP contribution < -0.4 is 10.6 Å². The molecule has 1 saturated heterocycles. The van der Waals surface area contributed by atoms with E-state index < -0.39 is 13.7 Å². The fourth-order valence-corrected chi connectivity index (χ4v) is 4.60. The zero-order valence-electron chi connectivity index (χ0n) is 16.6. The van der Waals surface area contributed by atoms with E-state index >= 15 is 0 Å². The lowest BCUT2D eigenvalue weighted by Gasteiger charge is -2.22. The number of hydrogen-bond donors (Lipinski definition) is 3. The molecule has 1 atom stereocenters. The third-order valence-electron chi connectivity index (χ3n) is 5.15. The third-order valence-corrected chi connectivity index (χ3v) is 6.30. The van der Waals surface area contributed by atoms with Crippen molar-refractivity contribution in [2.45, 2.75) is 58.3 Å². The summed E-state index contributed by atoms with van der Waals surface area (Å²) in [6.07, 6.45) is 8.13. The largest absolute Gasteiger partial charge is 0.469 e. The van der Waals surface area contributed by atoms with Crippen LogP contribution in [0.3, 0.4) is 0 Å². The van der Waals surface area contributed by atoms with Crippen LogP contribution >= 0.6 is 31.0 Å². The second kappa shape index (κ2) is 11.0. The summed E-state index contributed by atoms with van der Waals surface area (Å²) in [5.41, 5.74) is 7.86. The van der Waals surface area contributed by atoms with Gasteiger partial charge in [0.25, 0.3) is 0 Å². The maximum atomic E-state index is 12.7. The highest BCUT2D eigenvalue weighted by atomic mass is 35.5. The molecular formula is C19H29Cl2N2O5P. The van der Waals surface area contributed by atoms with Crippen LogP contribution in [-0.4, -0.2) is 28.8 Å². The van der Waals surface area contributed by atoms with Gasteiger partial charge in [0.2, 0.25) is 5.91 Å². The highest BCUT2D eigenvalue weighted by Crippen LogP contribution is 2.43. The minimum absolute atomic E-state index is 0.239. The first-order chi connectivity index (χ1) is 13.7. The van der Waals surface area contributed by atoms with E-state index in [1.54, 1.807) is 6.07 Å². The van der Waals surface area contributed by atoms with Crippen molar-refractivity contribution in [3.05, 3.63) is 21.7 Å². The van der Waals surface area contributed by atoms with Gasteiger partial charge in [-0.3, -0.25) is 9.32 Å². The molecule has 10 heteroatoms. The van der Waals surface area contributed by atoms with Gasteiger partial charge in [-0.25, -0.2) is 4.57 Å². The van der Waals surface area contributed by atoms with Crippen LogP contribution in [0.2, 0.25) is 10.0 Å². The van der Waals surface area contributed by atoms with Crippen LogP contribution in [0.1, 0.15) is 57.4 Å². The van der Waals surface area contributed by atoms with Gasteiger partial charge in [-0.15, -0.1) is 0 Å². The van der Waals surface area contributed by atoms with E-state index in [0.717, 1.165) is 24.8 Å². The number of carbonyl (C=O) groups excluding carboxylic acids is 1. The van der Waals surface area contributed by atoms with E-state index in [4.69, 9.17) is 38.7 Å². The van der Waals surface area contributed by atoms with Gasteiger partial charge in [0.05, 0.1) is 33.9 Å². The van der Waals surface area contributed by atoms with Crippen LogP contribution in [0.25, 0.3) is 0 Å². The highest BCUT2D eigenvalue weighted by molar-refractivity contribution is 7.46. The van der Waals surface area contributed by atoms with Crippen molar-refractivity contribution in [2.24, 2.45) is 5.92 Å². The van der Waals surface area contributed by atoms with E-state index in [-0.39, 0.29) is 17.5 Å². The Kier molecular flexibility index (Phi) is 9.26. The van der Waals surface area contributed by atoms with Gasteiger partial charge in [-0.2, -0.15) is 0 Å². The molecule has 0 radical (unpaired) electrons. The van der Waals surface area contributed by atoms with Crippen molar-refractivity contribution in [1.82, 2.24) is 0 Å². The Morgan fingerprint density at radius 1 is 1.24 bits per heavy atom. The molecular weight excluding hydrogens is 438 g/mol. The van der Waals surface area contributed by atoms with Crippen molar-refractivity contribution in [2.75, 3.05) is 23.8 Å². The average molecular weight is 467 g/mol. The second-order valence-electron chi connectivity index (χ2n) is 7.37. The molecule has 29 heavy (non-hydrogen) atoms. The van der Waals surface area contributed by atoms with Crippen molar-refractivity contribution >= 4 is 48.3 Å². The standard InChI is InChI=1S/C19H29Cl2N2O5P/c1-2-3-4-5-6-7-8-13-11-15(20)18(16(21)17(13)22)23-10-9-14(19(23)24)12-28-29(25,26)27/h11,14H,2-10,12,22H2,1H3,(H2,25,26,27). The minimum Gasteiger partial charge on any atom is -0.397 e. The fourth-order valence-electron chi connectivity index (χ4n) is 3.53. The molecule has 1 amide bonds. The molecule has 0 aromatic heterocycles. The number of benzene rings is 1. The Balaban J connectivity index is 2.05. The molecule has 1 aromatic carbocycles. The number of anilines is 2. The van der Waals surface area contributed by atoms with E-state index in [2.05, 4.69) is 11.4 Å². The van der Waals surface area contributed by atoms with Crippen molar-refractivity contribution in [1.29, 1.82) is 0 Å². The van der Waals surface area contributed by atoms with Crippen LogP contribution in [-0.2, 0) is 20.3 Å². The van der Waals surface area contributed by atoms with Crippen LogP contribution in [0.15, 0.2) is 6.07 Å². The number of amides is 1.